The molecule has 0 aliphatic rings. The third-order valence-corrected chi connectivity index (χ3v) is 3.56. The van der Waals surface area contributed by atoms with Gasteiger partial charge in [0.15, 0.2) is 0 Å². The highest BCUT2D eigenvalue weighted by Crippen LogP contribution is 2.19. The lowest BCUT2D eigenvalue weighted by atomic mass is 10.1. The van der Waals surface area contributed by atoms with E-state index in [1.807, 2.05) is 36.4 Å². The molecule has 5 heteroatoms. The first kappa shape index (κ1) is 14.5. The molecule has 1 heterocycles. The van der Waals surface area contributed by atoms with Gasteiger partial charge in [0.25, 0.3) is 0 Å². The van der Waals surface area contributed by atoms with Crippen molar-refractivity contribution < 1.29 is 9.52 Å². The van der Waals surface area contributed by atoms with Crippen LogP contribution < -0.4 is 0 Å². The van der Waals surface area contributed by atoms with Crippen molar-refractivity contribution in [1.29, 1.82) is 0 Å². The Labute approximate surface area is 136 Å². The van der Waals surface area contributed by atoms with E-state index in [-0.39, 0.29) is 5.75 Å². The van der Waals surface area contributed by atoms with Crippen LogP contribution in [0.5, 0.6) is 5.75 Å². The lowest BCUT2D eigenvalue weighted by Gasteiger charge is -1.97. The molecule has 0 bridgehead atoms. The van der Waals surface area contributed by atoms with Crippen molar-refractivity contribution in [3.8, 4) is 5.75 Å². The summed E-state index contributed by atoms with van der Waals surface area (Å²) in [7, 11) is 0. The molecule has 0 fully saturated rings. The van der Waals surface area contributed by atoms with Gasteiger partial charge in [-0.3, -0.25) is 0 Å². The number of rotatable bonds is 4. The Kier molecular flexibility index (Phi) is 4.34. The van der Waals surface area contributed by atoms with Crippen LogP contribution in [0.2, 0.25) is 0 Å². The molecule has 0 atom stereocenters. The van der Waals surface area contributed by atoms with Crippen LogP contribution in [-0.2, 0) is 6.42 Å². The van der Waals surface area contributed by atoms with Crippen LogP contribution in [0, 0.1) is 0 Å². The zero-order valence-electron chi connectivity index (χ0n) is 11.6. The van der Waals surface area contributed by atoms with Gasteiger partial charge >= 0.3 is 0 Å². The molecule has 2 aromatic carbocycles. The number of halogens is 1. The molecule has 110 valence electrons. The van der Waals surface area contributed by atoms with Crippen LogP contribution >= 0.6 is 15.9 Å². The first-order valence-corrected chi connectivity index (χ1v) is 7.53. The molecule has 1 N–H and O–H groups in total. The summed E-state index contributed by atoms with van der Waals surface area (Å²) in [4.78, 5) is 0. The second-order valence-corrected chi connectivity index (χ2v) is 5.65. The quantitative estimate of drug-likeness (QED) is 0.756. The van der Waals surface area contributed by atoms with E-state index in [2.05, 4.69) is 26.1 Å². The van der Waals surface area contributed by atoms with Crippen LogP contribution in [0.1, 0.15) is 22.9 Å². The molecule has 22 heavy (non-hydrogen) atoms. The Bertz CT molecular complexity index is 812. The monoisotopic (exact) mass is 356 g/mol. The second-order valence-electron chi connectivity index (χ2n) is 4.73. The normalized spacial score (nSPS) is 11.1. The average molecular weight is 357 g/mol. The SMILES string of the molecule is Oc1ccccc1C=Cc1nnc(Cc2cccc(Br)c2)o1. The summed E-state index contributed by atoms with van der Waals surface area (Å²) < 4.78 is 6.60. The zero-order chi connectivity index (χ0) is 15.4. The van der Waals surface area contributed by atoms with E-state index in [0.29, 0.717) is 23.8 Å². The molecule has 0 radical (unpaired) electrons. The fourth-order valence-electron chi connectivity index (χ4n) is 2.02. The minimum Gasteiger partial charge on any atom is -0.507 e. The Morgan fingerprint density at radius 1 is 1.05 bits per heavy atom. The van der Waals surface area contributed by atoms with Gasteiger partial charge in [0.1, 0.15) is 5.75 Å². The topological polar surface area (TPSA) is 59.2 Å². The number of phenols is 1. The van der Waals surface area contributed by atoms with Crippen LogP contribution in [0.3, 0.4) is 0 Å². The molecule has 0 amide bonds. The number of aromatic nitrogens is 2. The number of hydrogen-bond donors (Lipinski definition) is 1. The fraction of sp³-hybridized carbons (Fsp3) is 0.0588. The zero-order valence-corrected chi connectivity index (χ0v) is 13.2. The van der Waals surface area contributed by atoms with Gasteiger partial charge < -0.3 is 9.52 Å². The number of hydrogen-bond acceptors (Lipinski definition) is 4. The van der Waals surface area contributed by atoms with Crippen molar-refractivity contribution in [3.05, 3.63) is 75.9 Å². The molecule has 0 unspecified atom stereocenters. The second kappa shape index (κ2) is 6.58. The van der Waals surface area contributed by atoms with Gasteiger partial charge in [-0.1, -0.05) is 46.3 Å². The van der Waals surface area contributed by atoms with E-state index in [9.17, 15) is 5.11 Å². The Balaban J connectivity index is 1.73. The van der Waals surface area contributed by atoms with Crippen molar-refractivity contribution in [2.45, 2.75) is 6.42 Å². The summed E-state index contributed by atoms with van der Waals surface area (Å²) in [6, 6.07) is 15.0. The van der Waals surface area contributed by atoms with Gasteiger partial charge in [0, 0.05) is 16.1 Å². The maximum absolute atomic E-state index is 9.69. The lowest BCUT2D eigenvalue weighted by molar-refractivity contribution is 0.474. The lowest BCUT2D eigenvalue weighted by Crippen LogP contribution is -1.87. The number of phenolic OH excluding ortho intramolecular Hbond substituents is 1. The van der Waals surface area contributed by atoms with Crippen molar-refractivity contribution in [2.24, 2.45) is 0 Å². The van der Waals surface area contributed by atoms with E-state index in [1.54, 1.807) is 24.3 Å². The van der Waals surface area contributed by atoms with Gasteiger partial charge in [-0.25, -0.2) is 0 Å². The molecule has 1 aromatic heterocycles. The summed E-state index contributed by atoms with van der Waals surface area (Å²) in [5.41, 5.74) is 1.79. The molecule has 0 spiro atoms. The van der Waals surface area contributed by atoms with Crippen LogP contribution in [0.15, 0.2) is 57.4 Å². The standard InChI is InChI=1S/C17H13BrN2O2/c18-14-6-3-4-12(10-14)11-17-20-19-16(22-17)9-8-13-5-1-2-7-15(13)21/h1-10,21H,11H2. The number of aromatic hydroxyl groups is 1. The van der Waals surface area contributed by atoms with E-state index < -0.39 is 0 Å². The largest absolute Gasteiger partial charge is 0.507 e. The van der Waals surface area contributed by atoms with E-state index >= 15 is 0 Å². The van der Waals surface area contributed by atoms with Crippen molar-refractivity contribution >= 4 is 28.1 Å². The smallest absolute Gasteiger partial charge is 0.240 e. The number of benzene rings is 2. The molecule has 4 nitrogen and oxygen atoms in total. The molecular weight excluding hydrogens is 344 g/mol. The first-order valence-electron chi connectivity index (χ1n) is 6.73. The summed E-state index contributed by atoms with van der Waals surface area (Å²) >= 11 is 3.44. The van der Waals surface area contributed by atoms with Gasteiger partial charge in [0.2, 0.25) is 11.8 Å². The van der Waals surface area contributed by atoms with Crippen LogP contribution in [0.4, 0.5) is 0 Å². The Hall–Kier alpha value is -2.40. The molecule has 0 aliphatic carbocycles. The van der Waals surface area contributed by atoms with E-state index in [4.69, 9.17) is 4.42 Å². The molecular formula is C17H13BrN2O2. The van der Waals surface area contributed by atoms with Crippen LogP contribution in [0.25, 0.3) is 12.2 Å². The highest BCUT2D eigenvalue weighted by atomic mass is 79.9. The molecule has 3 aromatic rings. The van der Waals surface area contributed by atoms with Crippen molar-refractivity contribution in [2.75, 3.05) is 0 Å². The molecule has 0 saturated heterocycles. The average Bonchev–Trinajstić information content (AvgIpc) is 2.94. The predicted molar refractivity (Wildman–Crippen MR) is 88.3 cm³/mol. The molecule has 0 saturated carbocycles. The third kappa shape index (κ3) is 3.62. The molecule has 0 aliphatic heterocycles. The minimum absolute atomic E-state index is 0.215. The van der Waals surface area contributed by atoms with Gasteiger partial charge in [-0.15, -0.1) is 10.2 Å². The Morgan fingerprint density at radius 2 is 1.91 bits per heavy atom. The van der Waals surface area contributed by atoms with Crippen LogP contribution in [-0.4, -0.2) is 15.3 Å². The van der Waals surface area contributed by atoms with Gasteiger partial charge in [-0.05, 0) is 29.8 Å². The van der Waals surface area contributed by atoms with E-state index in [0.717, 1.165) is 10.0 Å². The van der Waals surface area contributed by atoms with Crippen molar-refractivity contribution in [1.82, 2.24) is 10.2 Å². The maximum Gasteiger partial charge on any atom is 0.240 e. The summed E-state index contributed by atoms with van der Waals surface area (Å²) in [5.74, 6) is 1.18. The summed E-state index contributed by atoms with van der Waals surface area (Å²) in [6.45, 7) is 0. The van der Waals surface area contributed by atoms with Crippen molar-refractivity contribution in [3.63, 3.8) is 0 Å². The van der Waals surface area contributed by atoms with Gasteiger partial charge in [0.05, 0.1) is 6.42 Å². The summed E-state index contributed by atoms with van der Waals surface area (Å²) in [6.07, 6.45) is 4.01. The summed E-state index contributed by atoms with van der Waals surface area (Å²) in [5, 5.41) is 17.7. The predicted octanol–water partition coefficient (Wildman–Crippen LogP) is 4.30. The fourth-order valence-corrected chi connectivity index (χ4v) is 2.46. The minimum atomic E-state index is 0.215. The number of nitrogens with zero attached hydrogens (tertiary/aromatic N) is 2. The number of para-hydroxylation sites is 1. The first-order chi connectivity index (χ1) is 10.7. The van der Waals surface area contributed by atoms with E-state index in [1.165, 1.54) is 0 Å². The highest BCUT2D eigenvalue weighted by Gasteiger charge is 2.05. The third-order valence-electron chi connectivity index (χ3n) is 3.07. The van der Waals surface area contributed by atoms with Gasteiger partial charge in [-0.2, -0.15) is 0 Å². The molecule has 3 rings (SSSR count). The highest BCUT2D eigenvalue weighted by molar-refractivity contribution is 9.10. The Morgan fingerprint density at radius 3 is 2.73 bits per heavy atom. The maximum atomic E-state index is 9.69.